The predicted molar refractivity (Wildman–Crippen MR) is 123 cm³/mol. The van der Waals surface area contributed by atoms with Crippen LogP contribution in [0.15, 0.2) is 54.6 Å². The lowest BCUT2D eigenvalue weighted by Gasteiger charge is -2.19. The highest BCUT2D eigenvalue weighted by Gasteiger charge is 2.26. The van der Waals surface area contributed by atoms with Crippen molar-refractivity contribution in [2.45, 2.75) is 13.0 Å². The standard InChI is InChI=1S/C25H27FN2O5/c1-30-22-20(25(29)28-15-17-4-8-18(26)9-5-17)14-21(23(31-2)24(22)32-3)33-19-10-6-16(7-11-19)12-13-27/h4-11,14H,12-13,15,27H2,1-3H3,(H,28,29). The highest BCUT2D eigenvalue weighted by atomic mass is 19.1. The maximum atomic E-state index is 13.1. The molecule has 1 amide bonds. The van der Waals surface area contributed by atoms with Gasteiger partial charge in [-0.05, 0) is 48.4 Å². The molecule has 0 saturated carbocycles. The minimum absolute atomic E-state index is 0.201. The number of carbonyl (C=O) groups is 1. The van der Waals surface area contributed by atoms with E-state index in [0.717, 1.165) is 17.5 Å². The molecule has 7 nitrogen and oxygen atoms in total. The molecule has 0 aliphatic rings. The number of amides is 1. The molecule has 8 heteroatoms. The Morgan fingerprint density at radius 3 is 2.06 bits per heavy atom. The van der Waals surface area contributed by atoms with E-state index in [4.69, 9.17) is 24.7 Å². The summed E-state index contributed by atoms with van der Waals surface area (Å²) >= 11 is 0. The number of methoxy groups -OCH3 is 3. The van der Waals surface area contributed by atoms with Gasteiger partial charge < -0.3 is 30.0 Å². The molecule has 0 spiro atoms. The summed E-state index contributed by atoms with van der Waals surface area (Å²) in [4.78, 5) is 13.0. The number of halogens is 1. The topological polar surface area (TPSA) is 92.0 Å². The molecule has 174 valence electrons. The highest BCUT2D eigenvalue weighted by molar-refractivity contribution is 5.99. The van der Waals surface area contributed by atoms with Crippen molar-refractivity contribution >= 4 is 5.91 Å². The van der Waals surface area contributed by atoms with Crippen molar-refractivity contribution in [1.29, 1.82) is 0 Å². The van der Waals surface area contributed by atoms with Crippen LogP contribution in [0, 0.1) is 5.82 Å². The Hall–Kier alpha value is -3.78. The largest absolute Gasteiger partial charge is 0.492 e. The van der Waals surface area contributed by atoms with Crippen molar-refractivity contribution < 1.29 is 28.1 Å². The van der Waals surface area contributed by atoms with Crippen molar-refractivity contribution in [2.75, 3.05) is 27.9 Å². The van der Waals surface area contributed by atoms with Gasteiger partial charge in [-0.25, -0.2) is 4.39 Å². The van der Waals surface area contributed by atoms with Crippen LogP contribution in [-0.4, -0.2) is 33.8 Å². The summed E-state index contributed by atoms with van der Waals surface area (Å²) in [5.41, 5.74) is 7.64. The van der Waals surface area contributed by atoms with Crippen LogP contribution in [0.1, 0.15) is 21.5 Å². The first kappa shape index (κ1) is 23.9. The van der Waals surface area contributed by atoms with Gasteiger partial charge in [0, 0.05) is 12.6 Å². The van der Waals surface area contributed by atoms with Crippen molar-refractivity contribution in [1.82, 2.24) is 5.32 Å². The number of benzene rings is 3. The smallest absolute Gasteiger partial charge is 0.255 e. The van der Waals surface area contributed by atoms with Crippen LogP contribution in [0.3, 0.4) is 0 Å². The fourth-order valence-electron chi connectivity index (χ4n) is 3.32. The van der Waals surface area contributed by atoms with E-state index in [9.17, 15) is 9.18 Å². The minimum Gasteiger partial charge on any atom is -0.492 e. The van der Waals surface area contributed by atoms with Gasteiger partial charge in [0.25, 0.3) is 5.91 Å². The van der Waals surface area contributed by atoms with Gasteiger partial charge in [0.05, 0.1) is 26.9 Å². The van der Waals surface area contributed by atoms with E-state index in [-0.39, 0.29) is 40.9 Å². The fraction of sp³-hybridized carbons (Fsp3) is 0.240. The molecule has 3 aromatic carbocycles. The van der Waals surface area contributed by atoms with Crippen LogP contribution in [0.2, 0.25) is 0 Å². The molecule has 0 aliphatic carbocycles. The average Bonchev–Trinajstić information content (AvgIpc) is 2.84. The Kier molecular flexibility index (Phi) is 8.10. The Morgan fingerprint density at radius 1 is 0.879 bits per heavy atom. The van der Waals surface area contributed by atoms with Gasteiger partial charge in [-0.1, -0.05) is 24.3 Å². The summed E-state index contributed by atoms with van der Waals surface area (Å²) in [5.74, 6) is 0.800. The highest BCUT2D eigenvalue weighted by Crippen LogP contribution is 2.47. The monoisotopic (exact) mass is 454 g/mol. The molecule has 0 bridgehead atoms. The van der Waals surface area contributed by atoms with Gasteiger partial charge >= 0.3 is 0 Å². The predicted octanol–water partition coefficient (Wildman–Crippen LogP) is 4.08. The number of carbonyl (C=O) groups excluding carboxylic acids is 1. The molecule has 0 heterocycles. The van der Waals surface area contributed by atoms with Gasteiger partial charge in [0.2, 0.25) is 11.5 Å². The van der Waals surface area contributed by atoms with E-state index in [2.05, 4.69) is 5.32 Å². The molecule has 0 aromatic heterocycles. The summed E-state index contributed by atoms with van der Waals surface area (Å²) in [7, 11) is 4.36. The third kappa shape index (κ3) is 5.72. The van der Waals surface area contributed by atoms with E-state index >= 15 is 0 Å². The third-order valence-electron chi connectivity index (χ3n) is 4.96. The Balaban J connectivity index is 1.93. The quantitative estimate of drug-likeness (QED) is 0.480. The molecule has 0 saturated heterocycles. The summed E-state index contributed by atoms with van der Waals surface area (Å²) in [5, 5.41) is 2.81. The van der Waals surface area contributed by atoms with Crippen molar-refractivity contribution in [3.63, 3.8) is 0 Å². The SMILES string of the molecule is COc1c(Oc2ccc(CCN)cc2)cc(C(=O)NCc2ccc(F)cc2)c(OC)c1OC. The number of hydrogen-bond donors (Lipinski definition) is 2. The van der Waals surface area contributed by atoms with Gasteiger partial charge in [-0.3, -0.25) is 4.79 Å². The number of nitrogens with one attached hydrogen (secondary N) is 1. The van der Waals surface area contributed by atoms with Crippen molar-refractivity contribution in [2.24, 2.45) is 5.73 Å². The average molecular weight is 454 g/mol. The normalized spacial score (nSPS) is 10.5. The summed E-state index contributed by atoms with van der Waals surface area (Å²) in [6.07, 6.45) is 0.762. The second-order valence-electron chi connectivity index (χ2n) is 7.12. The molecule has 0 aliphatic heterocycles. The first-order valence-corrected chi connectivity index (χ1v) is 10.3. The zero-order chi connectivity index (χ0) is 23.8. The lowest BCUT2D eigenvalue weighted by Crippen LogP contribution is -2.23. The summed E-state index contributed by atoms with van der Waals surface area (Å²) < 4.78 is 35.6. The lowest BCUT2D eigenvalue weighted by molar-refractivity contribution is 0.0946. The Morgan fingerprint density at radius 2 is 1.48 bits per heavy atom. The van der Waals surface area contributed by atoms with Gasteiger partial charge in [-0.15, -0.1) is 0 Å². The number of ether oxygens (including phenoxy) is 4. The Bertz CT molecular complexity index is 1090. The minimum atomic E-state index is -0.416. The maximum Gasteiger partial charge on any atom is 0.255 e. The lowest BCUT2D eigenvalue weighted by atomic mass is 10.1. The molecule has 0 atom stereocenters. The molecular formula is C25H27FN2O5. The van der Waals surface area contributed by atoms with Crippen molar-refractivity contribution in [3.8, 4) is 28.7 Å². The summed E-state index contributed by atoms with van der Waals surface area (Å²) in [6, 6.07) is 14.9. The van der Waals surface area contributed by atoms with Crippen LogP contribution in [0.25, 0.3) is 0 Å². The van der Waals surface area contributed by atoms with Crippen LogP contribution in [-0.2, 0) is 13.0 Å². The fourth-order valence-corrected chi connectivity index (χ4v) is 3.32. The molecule has 3 rings (SSSR count). The van der Waals surface area contributed by atoms with Gasteiger partial charge in [0.1, 0.15) is 11.6 Å². The first-order valence-electron chi connectivity index (χ1n) is 10.3. The second kappa shape index (κ2) is 11.2. The number of rotatable bonds is 10. The number of hydrogen-bond acceptors (Lipinski definition) is 6. The molecular weight excluding hydrogens is 427 g/mol. The molecule has 0 radical (unpaired) electrons. The Labute approximate surface area is 192 Å². The van der Waals surface area contributed by atoms with E-state index in [1.165, 1.54) is 39.5 Å². The molecule has 33 heavy (non-hydrogen) atoms. The van der Waals surface area contributed by atoms with Crippen LogP contribution < -0.4 is 30.0 Å². The van der Waals surface area contributed by atoms with E-state index in [1.807, 2.05) is 24.3 Å². The van der Waals surface area contributed by atoms with Crippen molar-refractivity contribution in [3.05, 3.63) is 77.1 Å². The van der Waals surface area contributed by atoms with Crippen LogP contribution in [0.5, 0.6) is 28.7 Å². The summed E-state index contributed by atoms with van der Waals surface area (Å²) in [6.45, 7) is 0.759. The van der Waals surface area contributed by atoms with Crippen LogP contribution in [0.4, 0.5) is 4.39 Å². The molecule has 0 fully saturated rings. The van der Waals surface area contributed by atoms with E-state index in [1.54, 1.807) is 12.1 Å². The maximum absolute atomic E-state index is 13.1. The van der Waals surface area contributed by atoms with Crippen LogP contribution >= 0.6 is 0 Å². The zero-order valence-corrected chi connectivity index (χ0v) is 18.8. The van der Waals surface area contributed by atoms with E-state index < -0.39 is 5.91 Å². The molecule has 3 N–H and O–H groups in total. The second-order valence-corrected chi connectivity index (χ2v) is 7.12. The van der Waals surface area contributed by atoms with E-state index in [0.29, 0.717) is 12.3 Å². The first-order chi connectivity index (χ1) is 16.0. The third-order valence-corrected chi connectivity index (χ3v) is 4.96. The molecule has 3 aromatic rings. The number of nitrogens with two attached hydrogens (primary N) is 1. The van der Waals surface area contributed by atoms with Gasteiger partial charge in [0.15, 0.2) is 11.5 Å². The van der Waals surface area contributed by atoms with Gasteiger partial charge in [-0.2, -0.15) is 0 Å². The zero-order valence-electron chi connectivity index (χ0n) is 18.8. The molecule has 0 unspecified atom stereocenters.